The zero-order valence-electron chi connectivity index (χ0n) is 20.0. The highest BCUT2D eigenvalue weighted by atomic mass is 35.5. The number of halogens is 4. The highest BCUT2D eigenvalue weighted by Crippen LogP contribution is 2.34. The third-order valence-electron chi connectivity index (χ3n) is 5.89. The Morgan fingerprint density at radius 2 is 1.62 bits per heavy atom. The molecule has 0 N–H and O–H groups in total. The predicted molar refractivity (Wildman–Crippen MR) is 131 cm³/mol. The number of rotatable bonds is 6. The van der Waals surface area contributed by atoms with Crippen molar-refractivity contribution in [3.05, 3.63) is 82.9 Å². The highest BCUT2D eigenvalue weighted by molar-refractivity contribution is 7.89. The van der Waals surface area contributed by atoms with Gasteiger partial charge in [-0.2, -0.15) is 4.31 Å². The normalized spacial score (nSPS) is 16.2. The van der Waals surface area contributed by atoms with E-state index in [1.807, 2.05) is 0 Å². The van der Waals surface area contributed by atoms with Gasteiger partial charge in [0.05, 0.1) is 29.7 Å². The van der Waals surface area contributed by atoms with Crippen LogP contribution in [0.2, 0.25) is 5.02 Å². The molecule has 1 aliphatic rings. The fourth-order valence-corrected chi connectivity index (χ4v) is 5.75. The number of carbonyl (C=O) groups is 2. The number of nitrogens with zero attached hydrogens (tertiary/aromatic N) is 2. The van der Waals surface area contributed by atoms with Gasteiger partial charge in [0.15, 0.2) is 0 Å². The summed E-state index contributed by atoms with van der Waals surface area (Å²) < 4.78 is 74.3. The van der Waals surface area contributed by atoms with Crippen molar-refractivity contribution in [2.75, 3.05) is 18.6 Å². The number of carboxylic acid groups (broad SMARTS) is 1. The molecular formula is C25H19ClF3N2O7S-. The number of hydrogen-bond donors (Lipinski definition) is 0. The Hall–Kier alpha value is -3.81. The third kappa shape index (κ3) is 6.10. The molecule has 0 saturated heterocycles. The average molecular weight is 584 g/mol. The zero-order valence-corrected chi connectivity index (χ0v) is 21.6. The maximum absolute atomic E-state index is 13.6. The average Bonchev–Trinajstić information content (AvgIpc) is 3.05. The van der Waals surface area contributed by atoms with E-state index in [2.05, 4.69) is 4.74 Å². The Balaban J connectivity index is 1.76. The van der Waals surface area contributed by atoms with Crippen LogP contribution in [-0.2, 0) is 21.4 Å². The minimum Gasteiger partial charge on any atom is -0.548 e. The lowest BCUT2D eigenvalue weighted by atomic mass is 10.1. The van der Waals surface area contributed by atoms with E-state index in [0.717, 1.165) is 29.2 Å². The Bertz CT molecular complexity index is 1500. The summed E-state index contributed by atoms with van der Waals surface area (Å²) in [5, 5.41) is 12.4. The van der Waals surface area contributed by atoms with Crippen molar-refractivity contribution >= 4 is 39.2 Å². The van der Waals surface area contributed by atoms with E-state index in [-0.39, 0.29) is 26.7 Å². The number of benzene rings is 3. The van der Waals surface area contributed by atoms with Crippen LogP contribution in [0.4, 0.5) is 18.9 Å². The molecule has 206 valence electrons. The Morgan fingerprint density at radius 3 is 2.18 bits per heavy atom. The van der Waals surface area contributed by atoms with Crippen LogP contribution in [-0.4, -0.2) is 50.7 Å². The molecule has 0 fully saturated rings. The Kier molecular flexibility index (Phi) is 7.77. The van der Waals surface area contributed by atoms with Gasteiger partial charge >= 0.3 is 6.36 Å². The predicted octanol–water partition coefficient (Wildman–Crippen LogP) is 3.22. The molecule has 1 aliphatic heterocycles. The van der Waals surface area contributed by atoms with Crippen LogP contribution in [0.3, 0.4) is 0 Å². The van der Waals surface area contributed by atoms with Gasteiger partial charge in [0, 0.05) is 23.7 Å². The van der Waals surface area contributed by atoms with E-state index >= 15 is 0 Å². The van der Waals surface area contributed by atoms with Gasteiger partial charge in [0.2, 0.25) is 10.0 Å². The lowest BCUT2D eigenvalue weighted by Gasteiger charge is -2.31. The summed E-state index contributed by atoms with van der Waals surface area (Å²) in [6.07, 6.45) is -4.94. The summed E-state index contributed by atoms with van der Waals surface area (Å²) in [4.78, 5) is 26.6. The molecule has 4 rings (SSSR count). The van der Waals surface area contributed by atoms with Gasteiger partial charge in [-0.1, -0.05) is 17.7 Å². The van der Waals surface area contributed by atoms with Gasteiger partial charge in [-0.3, -0.25) is 4.79 Å². The number of methoxy groups -OCH3 is 1. The quantitative estimate of drug-likeness (QED) is 0.437. The second kappa shape index (κ2) is 10.8. The first-order valence-electron chi connectivity index (χ1n) is 11.1. The standard InChI is InChI=1S/C25H20ClF3N2O7S/c1-37-18-8-10-20(11-9-18)39(35,36)31-13-16-2-5-17(26)12-21(16)30(14-22(31)24(33)34)23(32)15-3-6-19(7-4-15)38-25(27,28)29/h2-12,22H,13-14H2,1H3,(H,33,34)/p-1. The van der Waals surface area contributed by atoms with Crippen LogP contribution in [0, 0.1) is 0 Å². The van der Waals surface area contributed by atoms with E-state index in [1.54, 1.807) is 0 Å². The van der Waals surface area contributed by atoms with Crippen molar-refractivity contribution in [1.29, 1.82) is 0 Å². The molecule has 3 aromatic rings. The maximum atomic E-state index is 13.6. The smallest absolute Gasteiger partial charge is 0.548 e. The molecule has 3 aromatic carbocycles. The molecule has 1 amide bonds. The molecular weight excluding hydrogens is 565 g/mol. The molecule has 9 nitrogen and oxygen atoms in total. The number of fused-ring (bicyclic) bond motifs is 1. The number of aliphatic carboxylic acids is 1. The van der Waals surface area contributed by atoms with Gasteiger partial charge in [-0.05, 0) is 66.2 Å². The molecule has 0 radical (unpaired) electrons. The van der Waals surface area contributed by atoms with Crippen molar-refractivity contribution in [2.45, 2.75) is 23.8 Å². The number of ether oxygens (including phenoxy) is 2. The lowest BCUT2D eigenvalue weighted by molar-refractivity contribution is -0.310. The van der Waals surface area contributed by atoms with E-state index in [0.29, 0.717) is 10.1 Å². The fraction of sp³-hybridized carbons (Fsp3) is 0.200. The topological polar surface area (TPSA) is 116 Å². The molecule has 39 heavy (non-hydrogen) atoms. The van der Waals surface area contributed by atoms with Crippen molar-refractivity contribution in [2.24, 2.45) is 0 Å². The van der Waals surface area contributed by atoms with Crippen molar-refractivity contribution in [3.63, 3.8) is 0 Å². The lowest BCUT2D eigenvalue weighted by Crippen LogP contribution is -2.54. The largest absolute Gasteiger partial charge is 0.573 e. The van der Waals surface area contributed by atoms with Crippen molar-refractivity contribution in [3.8, 4) is 11.5 Å². The van der Waals surface area contributed by atoms with Crippen LogP contribution >= 0.6 is 11.6 Å². The first-order valence-corrected chi connectivity index (χ1v) is 12.9. The first-order chi connectivity index (χ1) is 18.3. The second-order valence-electron chi connectivity index (χ2n) is 8.32. The Morgan fingerprint density at radius 1 is 1.00 bits per heavy atom. The number of carbonyl (C=O) groups excluding carboxylic acids is 2. The number of carboxylic acids is 1. The second-order valence-corrected chi connectivity index (χ2v) is 10.6. The van der Waals surface area contributed by atoms with E-state index < -0.39 is 53.1 Å². The van der Waals surface area contributed by atoms with Gasteiger partial charge in [-0.15, -0.1) is 13.2 Å². The van der Waals surface area contributed by atoms with E-state index in [1.165, 1.54) is 49.6 Å². The molecule has 0 bridgehead atoms. The molecule has 0 saturated carbocycles. The van der Waals surface area contributed by atoms with Gasteiger partial charge in [0.1, 0.15) is 11.5 Å². The van der Waals surface area contributed by atoms with Crippen molar-refractivity contribution < 1.29 is 45.8 Å². The van der Waals surface area contributed by atoms with E-state index in [4.69, 9.17) is 16.3 Å². The first kappa shape index (κ1) is 28.2. The number of hydrogen-bond acceptors (Lipinski definition) is 7. The number of anilines is 1. The minimum atomic E-state index is -4.94. The molecule has 1 heterocycles. The maximum Gasteiger partial charge on any atom is 0.573 e. The van der Waals surface area contributed by atoms with Crippen LogP contribution in [0.25, 0.3) is 0 Å². The molecule has 0 spiro atoms. The summed E-state index contributed by atoms with van der Waals surface area (Å²) in [6.45, 7) is -1.12. The summed E-state index contributed by atoms with van der Waals surface area (Å²) in [5.74, 6) is -2.77. The summed E-state index contributed by atoms with van der Waals surface area (Å²) in [5.41, 5.74) is 0.270. The van der Waals surface area contributed by atoms with Gasteiger partial charge in [0.25, 0.3) is 5.91 Å². The SMILES string of the molecule is COc1ccc(S(=O)(=O)N2Cc3ccc(Cl)cc3N(C(=O)c3ccc(OC(F)(F)F)cc3)CC2C(=O)[O-])cc1. The third-order valence-corrected chi connectivity index (χ3v) is 7.99. The Labute approximate surface area is 226 Å². The van der Waals surface area contributed by atoms with Crippen LogP contribution in [0.5, 0.6) is 11.5 Å². The number of amides is 1. The van der Waals surface area contributed by atoms with Gasteiger partial charge in [-0.25, -0.2) is 8.42 Å². The van der Waals surface area contributed by atoms with Crippen LogP contribution in [0.1, 0.15) is 15.9 Å². The van der Waals surface area contributed by atoms with E-state index in [9.17, 15) is 36.3 Å². The molecule has 1 unspecified atom stereocenters. The molecule has 0 aliphatic carbocycles. The van der Waals surface area contributed by atoms with Crippen molar-refractivity contribution in [1.82, 2.24) is 4.31 Å². The minimum absolute atomic E-state index is 0.112. The fourth-order valence-electron chi connectivity index (χ4n) is 4.04. The monoisotopic (exact) mass is 583 g/mol. The number of alkyl halides is 3. The number of sulfonamides is 1. The molecule has 0 aromatic heterocycles. The summed E-state index contributed by atoms with van der Waals surface area (Å²) >= 11 is 6.14. The highest BCUT2D eigenvalue weighted by Gasteiger charge is 2.39. The van der Waals surface area contributed by atoms with Crippen LogP contribution < -0.4 is 19.5 Å². The zero-order chi connectivity index (χ0) is 28.5. The summed E-state index contributed by atoms with van der Waals surface area (Å²) in [7, 11) is -3.03. The van der Waals surface area contributed by atoms with Crippen LogP contribution in [0.15, 0.2) is 71.6 Å². The molecule has 14 heteroatoms. The van der Waals surface area contributed by atoms with Gasteiger partial charge < -0.3 is 24.3 Å². The molecule has 1 atom stereocenters. The summed E-state index contributed by atoms with van der Waals surface area (Å²) in [6, 6.07) is 11.7.